The molecule has 3 aromatic rings. The molecule has 126 valence electrons. The molecule has 1 aliphatic heterocycles. The second-order valence-corrected chi connectivity index (χ2v) is 6.51. The molecular weight excluding hydrogens is 306 g/mol. The Labute approximate surface area is 149 Å². The van der Waals surface area contributed by atoms with Crippen molar-refractivity contribution >= 4 is 5.69 Å². The van der Waals surface area contributed by atoms with Crippen molar-refractivity contribution < 1.29 is 4.74 Å². The first-order valence-corrected chi connectivity index (χ1v) is 9.01. The van der Waals surface area contributed by atoms with E-state index in [2.05, 4.69) is 53.4 Å². The zero-order valence-electron chi connectivity index (χ0n) is 14.4. The van der Waals surface area contributed by atoms with Gasteiger partial charge in [0.25, 0.3) is 0 Å². The topological polar surface area (TPSA) is 12.5 Å². The Hall–Kier alpha value is -2.74. The lowest BCUT2D eigenvalue weighted by atomic mass is 10.0. The van der Waals surface area contributed by atoms with Gasteiger partial charge in [-0.3, -0.25) is 0 Å². The number of nitrogens with zero attached hydrogens (tertiary/aromatic N) is 1. The van der Waals surface area contributed by atoms with Crippen LogP contribution in [-0.4, -0.2) is 13.1 Å². The summed E-state index contributed by atoms with van der Waals surface area (Å²) in [4.78, 5) is 2.46. The van der Waals surface area contributed by atoms with Gasteiger partial charge in [0.05, 0.1) is 0 Å². The van der Waals surface area contributed by atoms with Crippen LogP contribution in [0.2, 0.25) is 0 Å². The molecule has 4 rings (SSSR count). The van der Waals surface area contributed by atoms with E-state index >= 15 is 0 Å². The van der Waals surface area contributed by atoms with Crippen molar-refractivity contribution in [3.8, 4) is 16.9 Å². The highest BCUT2D eigenvalue weighted by Crippen LogP contribution is 2.32. The summed E-state index contributed by atoms with van der Waals surface area (Å²) in [6.45, 7) is 2.94. The molecule has 1 aliphatic rings. The van der Waals surface area contributed by atoms with Gasteiger partial charge in [-0.2, -0.15) is 0 Å². The van der Waals surface area contributed by atoms with Gasteiger partial charge in [-0.25, -0.2) is 0 Å². The summed E-state index contributed by atoms with van der Waals surface area (Å²) in [6.07, 6.45) is 2.61. The summed E-state index contributed by atoms with van der Waals surface area (Å²) in [5.41, 5.74) is 4.85. The van der Waals surface area contributed by atoms with E-state index in [4.69, 9.17) is 4.74 Å². The van der Waals surface area contributed by atoms with E-state index in [0.717, 1.165) is 11.3 Å². The fourth-order valence-electron chi connectivity index (χ4n) is 3.39. The average Bonchev–Trinajstić information content (AvgIpc) is 3.22. The van der Waals surface area contributed by atoms with E-state index in [1.165, 1.54) is 42.7 Å². The van der Waals surface area contributed by atoms with E-state index in [9.17, 15) is 0 Å². The Kier molecular flexibility index (Phi) is 4.69. The molecule has 1 saturated heterocycles. The molecule has 0 amide bonds. The van der Waals surface area contributed by atoms with Crippen molar-refractivity contribution in [2.75, 3.05) is 18.0 Å². The van der Waals surface area contributed by atoms with Crippen molar-refractivity contribution in [1.29, 1.82) is 0 Å². The van der Waals surface area contributed by atoms with Gasteiger partial charge in [0.15, 0.2) is 0 Å². The number of ether oxygens (including phenoxy) is 1. The number of benzene rings is 3. The van der Waals surface area contributed by atoms with Crippen LogP contribution in [0.1, 0.15) is 18.4 Å². The number of rotatable bonds is 5. The van der Waals surface area contributed by atoms with Crippen molar-refractivity contribution in [2.45, 2.75) is 19.4 Å². The zero-order chi connectivity index (χ0) is 16.9. The molecule has 0 bridgehead atoms. The van der Waals surface area contributed by atoms with Crippen molar-refractivity contribution in [3.63, 3.8) is 0 Å². The van der Waals surface area contributed by atoms with Crippen LogP contribution in [0, 0.1) is 0 Å². The number of hydrogen-bond acceptors (Lipinski definition) is 2. The van der Waals surface area contributed by atoms with Crippen LogP contribution >= 0.6 is 0 Å². The van der Waals surface area contributed by atoms with Gasteiger partial charge in [-0.1, -0.05) is 60.7 Å². The molecule has 2 nitrogen and oxygen atoms in total. The predicted molar refractivity (Wildman–Crippen MR) is 104 cm³/mol. The van der Waals surface area contributed by atoms with Gasteiger partial charge in [0.1, 0.15) is 12.4 Å². The Morgan fingerprint density at radius 3 is 2.16 bits per heavy atom. The molecule has 0 aliphatic carbocycles. The van der Waals surface area contributed by atoms with Crippen molar-refractivity contribution in [3.05, 3.63) is 84.4 Å². The molecule has 1 heterocycles. The van der Waals surface area contributed by atoms with E-state index in [1.807, 2.05) is 30.3 Å². The molecular formula is C23H23NO. The third-order valence-corrected chi connectivity index (χ3v) is 4.77. The maximum absolute atomic E-state index is 6.10. The van der Waals surface area contributed by atoms with E-state index in [-0.39, 0.29) is 0 Å². The molecule has 0 saturated carbocycles. The van der Waals surface area contributed by atoms with Crippen LogP contribution in [0.3, 0.4) is 0 Å². The van der Waals surface area contributed by atoms with Gasteiger partial charge in [-0.15, -0.1) is 0 Å². The monoisotopic (exact) mass is 329 g/mol. The van der Waals surface area contributed by atoms with Gasteiger partial charge >= 0.3 is 0 Å². The van der Waals surface area contributed by atoms with Crippen molar-refractivity contribution in [1.82, 2.24) is 0 Å². The highest BCUT2D eigenvalue weighted by molar-refractivity contribution is 5.72. The molecule has 3 aromatic carbocycles. The van der Waals surface area contributed by atoms with Crippen LogP contribution in [0.15, 0.2) is 78.9 Å². The summed E-state index contributed by atoms with van der Waals surface area (Å²) in [5.74, 6) is 0.931. The summed E-state index contributed by atoms with van der Waals surface area (Å²) < 4.78 is 6.10. The lowest BCUT2D eigenvalue weighted by Gasteiger charge is -2.18. The van der Waals surface area contributed by atoms with Crippen LogP contribution in [0.4, 0.5) is 5.69 Å². The van der Waals surface area contributed by atoms with Gasteiger partial charge < -0.3 is 9.64 Å². The highest BCUT2D eigenvalue weighted by Gasteiger charge is 2.12. The molecule has 0 N–H and O–H groups in total. The first-order valence-electron chi connectivity index (χ1n) is 9.01. The molecule has 0 atom stereocenters. The zero-order valence-corrected chi connectivity index (χ0v) is 14.4. The van der Waals surface area contributed by atoms with Crippen LogP contribution < -0.4 is 9.64 Å². The minimum atomic E-state index is 0.587. The molecule has 0 spiro atoms. The van der Waals surface area contributed by atoms with E-state index in [0.29, 0.717) is 6.61 Å². The molecule has 0 aromatic heterocycles. The standard InChI is InChI=1S/C23H23NO/c1-2-8-19(9-3-1)18-25-23-11-5-4-10-22(23)20-12-14-21(15-13-20)24-16-6-7-17-24/h1-5,8-15H,6-7,16-18H2. The minimum Gasteiger partial charge on any atom is -0.488 e. The Balaban J connectivity index is 1.53. The fraction of sp³-hybridized carbons (Fsp3) is 0.217. The third kappa shape index (κ3) is 3.69. The lowest BCUT2D eigenvalue weighted by molar-refractivity contribution is 0.307. The smallest absolute Gasteiger partial charge is 0.127 e. The van der Waals surface area contributed by atoms with Gasteiger partial charge in [0.2, 0.25) is 0 Å². The number of hydrogen-bond donors (Lipinski definition) is 0. The SMILES string of the molecule is c1ccc(COc2ccccc2-c2ccc(N3CCCC3)cc2)cc1. The molecule has 0 radical (unpaired) electrons. The second-order valence-electron chi connectivity index (χ2n) is 6.51. The number of anilines is 1. The quantitative estimate of drug-likeness (QED) is 0.610. The number of para-hydroxylation sites is 1. The maximum Gasteiger partial charge on any atom is 0.127 e. The lowest BCUT2D eigenvalue weighted by Crippen LogP contribution is -2.17. The third-order valence-electron chi connectivity index (χ3n) is 4.77. The first-order chi connectivity index (χ1) is 12.4. The molecule has 0 unspecified atom stereocenters. The molecule has 25 heavy (non-hydrogen) atoms. The maximum atomic E-state index is 6.10. The summed E-state index contributed by atoms with van der Waals surface area (Å²) in [6, 6.07) is 27.4. The normalized spacial score (nSPS) is 13.8. The Morgan fingerprint density at radius 1 is 0.720 bits per heavy atom. The summed E-state index contributed by atoms with van der Waals surface area (Å²) >= 11 is 0. The predicted octanol–water partition coefficient (Wildman–Crippen LogP) is 5.53. The van der Waals surface area contributed by atoms with Gasteiger partial charge in [-0.05, 0) is 42.2 Å². The summed E-state index contributed by atoms with van der Waals surface area (Å²) in [7, 11) is 0. The second kappa shape index (κ2) is 7.43. The largest absolute Gasteiger partial charge is 0.488 e. The van der Waals surface area contributed by atoms with Crippen LogP contribution in [0.5, 0.6) is 5.75 Å². The Morgan fingerprint density at radius 2 is 1.40 bits per heavy atom. The molecule has 1 fully saturated rings. The summed E-state index contributed by atoms with van der Waals surface area (Å²) in [5, 5.41) is 0. The Bertz CT molecular complexity index is 805. The highest BCUT2D eigenvalue weighted by atomic mass is 16.5. The van der Waals surface area contributed by atoms with Crippen LogP contribution in [-0.2, 0) is 6.61 Å². The first kappa shape index (κ1) is 15.8. The average molecular weight is 329 g/mol. The van der Waals surface area contributed by atoms with E-state index < -0.39 is 0 Å². The fourth-order valence-corrected chi connectivity index (χ4v) is 3.39. The molecule has 2 heteroatoms. The van der Waals surface area contributed by atoms with Gasteiger partial charge in [0, 0.05) is 24.3 Å². The van der Waals surface area contributed by atoms with Crippen LogP contribution in [0.25, 0.3) is 11.1 Å². The van der Waals surface area contributed by atoms with E-state index in [1.54, 1.807) is 0 Å². The van der Waals surface area contributed by atoms with Crippen molar-refractivity contribution in [2.24, 2.45) is 0 Å². The minimum absolute atomic E-state index is 0.587.